The lowest BCUT2D eigenvalue weighted by molar-refractivity contribution is 0.464. The normalized spacial score (nSPS) is 21.1. The molecule has 1 aromatic carbocycles. The molecule has 1 aliphatic heterocycles. The van der Waals surface area contributed by atoms with Gasteiger partial charge in [0, 0.05) is 6.04 Å². The standard InChI is InChI=1S/C15H21N3/c1-11-8-14-15(9-12(11)2)18(10-17-14)13-4-3-6-16-7-5-13/h8-10,13,16H,3-7H2,1-2H3. The Balaban J connectivity index is 2.03. The van der Waals surface area contributed by atoms with Crippen LogP contribution in [0.5, 0.6) is 0 Å². The maximum atomic E-state index is 4.57. The largest absolute Gasteiger partial charge is 0.327 e. The van der Waals surface area contributed by atoms with Gasteiger partial charge < -0.3 is 9.88 Å². The molecule has 1 aliphatic rings. The molecule has 18 heavy (non-hydrogen) atoms. The third kappa shape index (κ3) is 2.03. The Morgan fingerprint density at radius 1 is 1.17 bits per heavy atom. The topological polar surface area (TPSA) is 29.9 Å². The number of aryl methyl sites for hydroxylation is 2. The summed E-state index contributed by atoms with van der Waals surface area (Å²) < 4.78 is 2.38. The van der Waals surface area contributed by atoms with Crippen molar-refractivity contribution < 1.29 is 0 Å². The lowest BCUT2D eigenvalue weighted by Crippen LogP contribution is -2.15. The predicted molar refractivity (Wildman–Crippen MR) is 75.0 cm³/mol. The molecule has 0 radical (unpaired) electrons. The predicted octanol–water partition coefficient (Wildman–Crippen LogP) is 2.97. The molecule has 96 valence electrons. The number of benzene rings is 1. The summed E-state index contributed by atoms with van der Waals surface area (Å²) in [5.74, 6) is 0. The first-order valence-electron chi connectivity index (χ1n) is 6.90. The highest BCUT2D eigenvalue weighted by Gasteiger charge is 2.16. The second-order valence-electron chi connectivity index (χ2n) is 5.41. The molecular weight excluding hydrogens is 222 g/mol. The summed E-state index contributed by atoms with van der Waals surface area (Å²) >= 11 is 0. The highest BCUT2D eigenvalue weighted by Crippen LogP contribution is 2.26. The van der Waals surface area contributed by atoms with E-state index in [1.165, 1.54) is 35.9 Å². The van der Waals surface area contributed by atoms with Gasteiger partial charge in [0.05, 0.1) is 17.4 Å². The summed E-state index contributed by atoms with van der Waals surface area (Å²) in [5.41, 5.74) is 5.12. The molecule has 1 fully saturated rings. The molecular formula is C15H21N3. The number of hydrogen-bond acceptors (Lipinski definition) is 2. The van der Waals surface area contributed by atoms with Crippen molar-refractivity contribution in [2.24, 2.45) is 0 Å². The monoisotopic (exact) mass is 243 g/mol. The fraction of sp³-hybridized carbons (Fsp3) is 0.533. The lowest BCUT2D eigenvalue weighted by Gasteiger charge is -2.17. The van der Waals surface area contributed by atoms with Gasteiger partial charge in [0.2, 0.25) is 0 Å². The molecule has 0 bridgehead atoms. The van der Waals surface area contributed by atoms with Crippen LogP contribution in [-0.2, 0) is 0 Å². The third-order valence-electron chi connectivity index (χ3n) is 4.13. The quantitative estimate of drug-likeness (QED) is 0.834. The summed E-state index contributed by atoms with van der Waals surface area (Å²) in [5, 5.41) is 3.47. The minimum atomic E-state index is 0.604. The van der Waals surface area contributed by atoms with E-state index >= 15 is 0 Å². The minimum Gasteiger partial charge on any atom is -0.327 e. The van der Waals surface area contributed by atoms with Crippen LogP contribution in [0, 0.1) is 13.8 Å². The summed E-state index contributed by atoms with van der Waals surface area (Å²) in [6, 6.07) is 5.10. The summed E-state index contributed by atoms with van der Waals surface area (Å²) in [6.07, 6.45) is 5.75. The Labute approximate surface area is 108 Å². The van der Waals surface area contributed by atoms with Crippen LogP contribution in [0.3, 0.4) is 0 Å². The molecule has 0 saturated carbocycles. The van der Waals surface area contributed by atoms with E-state index in [2.05, 4.69) is 40.8 Å². The molecule has 0 aliphatic carbocycles. The van der Waals surface area contributed by atoms with E-state index in [1.54, 1.807) is 0 Å². The zero-order valence-corrected chi connectivity index (χ0v) is 11.2. The fourth-order valence-corrected chi connectivity index (χ4v) is 2.85. The second kappa shape index (κ2) is 4.73. The van der Waals surface area contributed by atoms with Crippen molar-refractivity contribution in [1.29, 1.82) is 0 Å². The molecule has 1 aromatic heterocycles. The number of hydrogen-bond donors (Lipinski definition) is 1. The summed E-state index contributed by atoms with van der Waals surface area (Å²) in [6.45, 7) is 6.61. The van der Waals surface area contributed by atoms with Gasteiger partial charge >= 0.3 is 0 Å². The maximum absolute atomic E-state index is 4.57. The van der Waals surface area contributed by atoms with Gasteiger partial charge in [-0.2, -0.15) is 0 Å². The van der Waals surface area contributed by atoms with E-state index in [1.807, 2.05) is 6.33 Å². The molecule has 2 aromatic rings. The van der Waals surface area contributed by atoms with Crippen molar-refractivity contribution in [1.82, 2.24) is 14.9 Å². The van der Waals surface area contributed by atoms with Gasteiger partial charge in [-0.05, 0) is 69.5 Å². The van der Waals surface area contributed by atoms with E-state index in [-0.39, 0.29) is 0 Å². The second-order valence-corrected chi connectivity index (χ2v) is 5.41. The SMILES string of the molecule is Cc1cc2ncn(C3CCCNCC3)c2cc1C. The Morgan fingerprint density at radius 3 is 2.89 bits per heavy atom. The molecule has 3 rings (SSSR count). The van der Waals surface area contributed by atoms with Crippen LogP contribution in [-0.4, -0.2) is 22.6 Å². The molecule has 1 atom stereocenters. The van der Waals surface area contributed by atoms with Crippen LogP contribution in [0.25, 0.3) is 11.0 Å². The van der Waals surface area contributed by atoms with Crippen molar-refractivity contribution in [3.8, 4) is 0 Å². The van der Waals surface area contributed by atoms with Crippen molar-refractivity contribution in [3.63, 3.8) is 0 Å². The summed E-state index contributed by atoms with van der Waals surface area (Å²) in [4.78, 5) is 4.57. The smallest absolute Gasteiger partial charge is 0.0960 e. The lowest BCUT2D eigenvalue weighted by atomic mass is 10.1. The molecule has 0 spiro atoms. The third-order valence-corrected chi connectivity index (χ3v) is 4.13. The van der Waals surface area contributed by atoms with Gasteiger partial charge in [-0.15, -0.1) is 0 Å². The first-order valence-corrected chi connectivity index (χ1v) is 6.90. The van der Waals surface area contributed by atoms with Crippen LogP contribution >= 0.6 is 0 Å². The molecule has 0 amide bonds. The van der Waals surface area contributed by atoms with E-state index < -0.39 is 0 Å². The zero-order chi connectivity index (χ0) is 12.5. The van der Waals surface area contributed by atoms with Crippen LogP contribution < -0.4 is 5.32 Å². The van der Waals surface area contributed by atoms with Crippen LogP contribution in [0.4, 0.5) is 0 Å². The Bertz CT molecular complexity index is 548. The summed E-state index contributed by atoms with van der Waals surface area (Å²) in [7, 11) is 0. The highest BCUT2D eigenvalue weighted by molar-refractivity contribution is 5.77. The van der Waals surface area contributed by atoms with E-state index in [4.69, 9.17) is 0 Å². The molecule has 2 heterocycles. The van der Waals surface area contributed by atoms with E-state index in [0.717, 1.165) is 18.6 Å². The van der Waals surface area contributed by atoms with Gasteiger partial charge in [-0.25, -0.2) is 4.98 Å². The molecule has 1 saturated heterocycles. The van der Waals surface area contributed by atoms with Crippen LogP contribution in [0.2, 0.25) is 0 Å². The molecule has 1 N–H and O–H groups in total. The Hall–Kier alpha value is -1.35. The van der Waals surface area contributed by atoms with Crippen molar-refractivity contribution in [2.45, 2.75) is 39.2 Å². The van der Waals surface area contributed by atoms with Crippen molar-refractivity contribution in [3.05, 3.63) is 29.6 Å². The van der Waals surface area contributed by atoms with Crippen LogP contribution in [0.15, 0.2) is 18.5 Å². The number of rotatable bonds is 1. The average molecular weight is 243 g/mol. The number of fused-ring (bicyclic) bond motifs is 1. The zero-order valence-electron chi connectivity index (χ0n) is 11.2. The van der Waals surface area contributed by atoms with Gasteiger partial charge in [0.15, 0.2) is 0 Å². The van der Waals surface area contributed by atoms with Gasteiger partial charge in [-0.1, -0.05) is 0 Å². The van der Waals surface area contributed by atoms with E-state index in [9.17, 15) is 0 Å². The number of imidazole rings is 1. The first kappa shape index (κ1) is 11.7. The first-order chi connectivity index (χ1) is 8.75. The van der Waals surface area contributed by atoms with Gasteiger partial charge in [0.25, 0.3) is 0 Å². The Morgan fingerprint density at radius 2 is 2.00 bits per heavy atom. The van der Waals surface area contributed by atoms with Crippen LogP contribution in [0.1, 0.15) is 36.4 Å². The fourth-order valence-electron chi connectivity index (χ4n) is 2.85. The minimum absolute atomic E-state index is 0.604. The van der Waals surface area contributed by atoms with Gasteiger partial charge in [0.1, 0.15) is 0 Å². The molecule has 1 unspecified atom stereocenters. The molecule has 3 nitrogen and oxygen atoms in total. The van der Waals surface area contributed by atoms with Crippen molar-refractivity contribution in [2.75, 3.05) is 13.1 Å². The molecule has 3 heteroatoms. The highest BCUT2D eigenvalue weighted by atomic mass is 15.1. The van der Waals surface area contributed by atoms with Crippen molar-refractivity contribution >= 4 is 11.0 Å². The number of nitrogens with one attached hydrogen (secondary N) is 1. The maximum Gasteiger partial charge on any atom is 0.0960 e. The average Bonchev–Trinajstić information content (AvgIpc) is 2.61. The number of nitrogens with zero attached hydrogens (tertiary/aromatic N) is 2. The van der Waals surface area contributed by atoms with E-state index in [0.29, 0.717) is 6.04 Å². The van der Waals surface area contributed by atoms with Gasteiger partial charge in [-0.3, -0.25) is 0 Å². The Kier molecular flexibility index (Phi) is 3.08. The number of aromatic nitrogens is 2.